The maximum atomic E-state index is 13.3. The van der Waals surface area contributed by atoms with E-state index in [1.807, 2.05) is 29.5 Å². The molecular weight excluding hydrogens is 434 g/mol. The number of aliphatic hydroxyl groups is 1. The molecule has 33 heavy (non-hydrogen) atoms. The molecule has 1 aromatic heterocycles. The minimum absolute atomic E-state index is 0.0312. The highest BCUT2D eigenvalue weighted by Gasteiger charge is 2.42. The van der Waals surface area contributed by atoms with Crippen molar-refractivity contribution < 1.29 is 14.6 Å². The standard InChI is InChI=1S/C26H45N3O3S/c1-27-19-23(18-21-10-4-3-5-11-21)28-25(30)29-15-8-12-22(20-29)26(31,14-6-7-16-32-2)24-13-9-17-33-24/h9,13,17,21-23,27,31H,3-8,10-12,14-16,18-20H2,1-2H3,(H,28,30)/t22-,23?,26+/m1/s1. The van der Waals surface area contributed by atoms with E-state index < -0.39 is 5.60 Å². The first-order chi connectivity index (χ1) is 16.1. The molecule has 2 aliphatic rings. The molecule has 0 bridgehead atoms. The molecule has 1 aliphatic heterocycles. The van der Waals surface area contributed by atoms with Crippen molar-refractivity contribution in [3.8, 4) is 0 Å². The van der Waals surface area contributed by atoms with E-state index in [1.54, 1.807) is 18.4 Å². The molecule has 1 saturated carbocycles. The molecule has 1 aliphatic carbocycles. The molecule has 0 spiro atoms. The van der Waals surface area contributed by atoms with E-state index in [1.165, 1.54) is 32.1 Å². The van der Waals surface area contributed by atoms with Gasteiger partial charge in [0.1, 0.15) is 5.60 Å². The first-order valence-electron chi connectivity index (χ1n) is 13.0. The van der Waals surface area contributed by atoms with E-state index in [0.29, 0.717) is 19.6 Å². The molecule has 7 heteroatoms. The van der Waals surface area contributed by atoms with Crippen LogP contribution in [0.15, 0.2) is 17.5 Å². The Bertz CT molecular complexity index is 680. The third kappa shape index (κ3) is 7.67. The van der Waals surface area contributed by atoms with Gasteiger partial charge in [0, 0.05) is 50.2 Å². The summed E-state index contributed by atoms with van der Waals surface area (Å²) in [6, 6.07) is 4.26. The first-order valence-corrected chi connectivity index (χ1v) is 13.9. The Morgan fingerprint density at radius 3 is 2.79 bits per heavy atom. The largest absolute Gasteiger partial charge is 0.385 e. The number of unbranched alkanes of at least 4 members (excludes halogenated alkanes) is 1. The summed E-state index contributed by atoms with van der Waals surface area (Å²) < 4.78 is 5.21. The molecule has 1 saturated heterocycles. The zero-order chi connectivity index (χ0) is 23.5. The lowest BCUT2D eigenvalue weighted by molar-refractivity contribution is -0.0535. The lowest BCUT2D eigenvalue weighted by Gasteiger charge is -2.42. The van der Waals surface area contributed by atoms with Crippen LogP contribution in [-0.4, -0.2) is 62.5 Å². The van der Waals surface area contributed by atoms with Gasteiger partial charge in [0.15, 0.2) is 0 Å². The summed E-state index contributed by atoms with van der Waals surface area (Å²) in [5, 5.41) is 20.5. The fourth-order valence-electron chi connectivity index (χ4n) is 5.78. The first kappa shape index (κ1) is 26.5. The van der Waals surface area contributed by atoms with Crippen molar-refractivity contribution in [3.05, 3.63) is 22.4 Å². The second-order valence-corrected chi connectivity index (χ2v) is 11.0. The normalized spacial score (nSPS) is 22.6. The number of methoxy groups -OCH3 is 1. The number of carbonyl (C=O) groups excluding carboxylic acids is 1. The van der Waals surface area contributed by atoms with Crippen LogP contribution in [0.1, 0.15) is 75.5 Å². The van der Waals surface area contributed by atoms with E-state index in [2.05, 4.69) is 10.6 Å². The smallest absolute Gasteiger partial charge is 0.317 e. The summed E-state index contributed by atoms with van der Waals surface area (Å²) in [4.78, 5) is 16.3. The number of likely N-dealkylation sites (tertiary alicyclic amines) is 1. The van der Waals surface area contributed by atoms with Gasteiger partial charge in [0.25, 0.3) is 0 Å². The Morgan fingerprint density at radius 1 is 1.27 bits per heavy atom. The van der Waals surface area contributed by atoms with Gasteiger partial charge < -0.3 is 25.4 Å². The lowest BCUT2D eigenvalue weighted by Crippen LogP contribution is -2.53. The van der Waals surface area contributed by atoms with Gasteiger partial charge in [-0.1, -0.05) is 38.2 Å². The number of likely N-dealkylation sites (N-methyl/N-ethyl adjacent to an activating group) is 1. The Labute approximate surface area is 204 Å². The Kier molecular flexibility index (Phi) is 11.0. The van der Waals surface area contributed by atoms with E-state index >= 15 is 0 Å². The van der Waals surface area contributed by atoms with Crippen molar-refractivity contribution in [2.45, 2.75) is 82.3 Å². The second kappa shape index (κ2) is 13.7. The number of hydrogen-bond donors (Lipinski definition) is 3. The number of ether oxygens (including phenoxy) is 1. The van der Waals surface area contributed by atoms with E-state index in [0.717, 1.165) is 56.0 Å². The van der Waals surface area contributed by atoms with Crippen LogP contribution in [0.3, 0.4) is 0 Å². The number of piperidine rings is 1. The van der Waals surface area contributed by atoms with Crippen LogP contribution in [0.2, 0.25) is 0 Å². The molecule has 1 unspecified atom stereocenters. The minimum atomic E-state index is -0.882. The van der Waals surface area contributed by atoms with Gasteiger partial charge in [0.05, 0.1) is 0 Å². The number of amides is 2. The van der Waals surface area contributed by atoms with Gasteiger partial charge in [-0.05, 0) is 62.9 Å². The zero-order valence-corrected chi connectivity index (χ0v) is 21.5. The van der Waals surface area contributed by atoms with Crippen molar-refractivity contribution in [2.24, 2.45) is 11.8 Å². The van der Waals surface area contributed by atoms with E-state index in [9.17, 15) is 9.90 Å². The number of urea groups is 1. The van der Waals surface area contributed by atoms with Crippen LogP contribution < -0.4 is 10.6 Å². The number of nitrogens with one attached hydrogen (secondary N) is 2. The van der Waals surface area contributed by atoms with Crippen LogP contribution in [0.25, 0.3) is 0 Å². The molecule has 2 fully saturated rings. The Balaban J connectivity index is 1.62. The van der Waals surface area contributed by atoms with Crippen LogP contribution in [0.5, 0.6) is 0 Å². The Hall–Kier alpha value is -1.15. The van der Waals surface area contributed by atoms with Gasteiger partial charge in [-0.15, -0.1) is 11.3 Å². The van der Waals surface area contributed by atoms with Gasteiger partial charge in [0.2, 0.25) is 0 Å². The van der Waals surface area contributed by atoms with Crippen molar-refractivity contribution in [1.82, 2.24) is 15.5 Å². The predicted molar refractivity (Wildman–Crippen MR) is 136 cm³/mol. The fraction of sp³-hybridized carbons (Fsp3) is 0.808. The summed E-state index contributed by atoms with van der Waals surface area (Å²) >= 11 is 1.63. The maximum Gasteiger partial charge on any atom is 0.317 e. The molecular formula is C26H45N3O3S. The molecule has 2 heterocycles. The fourth-order valence-corrected chi connectivity index (χ4v) is 6.71. The summed E-state index contributed by atoms with van der Waals surface area (Å²) in [6.07, 6.45) is 12.1. The highest BCUT2D eigenvalue weighted by atomic mass is 32.1. The number of hydrogen-bond acceptors (Lipinski definition) is 5. The van der Waals surface area contributed by atoms with Gasteiger partial charge >= 0.3 is 6.03 Å². The van der Waals surface area contributed by atoms with Crippen LogP contribution in [0.4, 0.5) is 4.79 Å². The predicted octanol–water partition coefficient (Wildman–Crippen LogP) is 4.73. The van der Waals surface area contributed by atoms with Crippen molar-refractivity contribution >= 4 is 17.4 Å². The maximum absolute atomic E-state index is 13.3. The number of carbonyl (C=O) groups is 1. The third-order valence-corrected chi connectivity index (χ3v) is 8.65. The molecule has 6 nitrogen and oxygen atoms in total. The Morgan fingerprint density at radius 2 is 2.09 bits per heavy atom. The highest BCUT2D eigenvalue weighted by molar-refractivity contribution is 7.10. The molecule has 0 aromatic carbocycles. The second-order valence-electron chi connectivity index (χ2n) is 10.1. The van der Waals surface area contributed by atoms with E-state index in [-0.39, 0.29) is 18.0 Å². The summed E-state index contributed by atoms with van der Waals surface area (Å²) in [7, 11) is 3.68. The monoisotopic (exact) mass is 479 g/mol. The number of rotatable bonds is 12. The number of nitrogens with zero attached hydrogens (tertiary/aromatic N) is 1. The highest BCUT2D eigenvalue weighted by Crippen LogP contribution is 2.41. The zero-order valence-electron chi connectivity index (χ0n) is 20.7. The number of thiophene rings is 1. The van der Waals surface area contributed by atoms with Crippen molar-refractivity contribution in [2.75, 3.05) is 40.4 Å². The SMILES string of the molecule is CNCC(CC1CCCCC1)NC(=O)N1CCC[C@@H]([C@@](O)(CCCCOC)c2cccs2)C1. The van der Waals surface area contributed by atoms with Gasteiger partial charge in [-0.3, -0.25) is 0 Å². The average Bonchev–Trinajstić information content (AvgIpc) is 3.38. The molecule has 0 radical (unpaired) electrons. The molecule has 3 atom stereocenters. The van der Waals surface area contributed by atoms with Crippen molar-refractivity contribution in [3.63, 3.8) is 0 Å². The minimum Gasteiger partial charge on any atom is -0.385 e. The van der Waals surface area contributed by atoms with Crippen LogP contribution >= 0.6 is 11.3 Å². The molecule has 1 aromatic rings. The van der Waals surface area contributed by atoms with Crippen molar-refractivity contribution in [1.29, 1.82) is 0 Å². The summed E-state index contributed by atoms with van der Waals surface area (Å²) in [6.45, 7) is 2.90. The summed E-state index contributed by atoms with van der Waals surface area (Å²) in [5.74, 6) is 0.779. The molecule has 2 amide bonds. The lowest BCUT2D eigenvalue weighted by atomic mass is 9.77. The molecule has 3 N–H and O–H groups in total. The van der Waals surface area contributed by atoms with Crippen LogP contribution in [-0.2, 0) is 10.3 Å². The van der Waals surface area contributed by atoms with E-state index in [4.69, 9.17) is 4.74 Å². The van der Waals surface area contributed by atoms with Gasteiger partial charge in [-0.2, -0.15) is 0 Å². The molecule has 188 valence electrons. The summed E-state index contributed by atoms with van der Waals surface area (Å²) in [5.41, 5.74) is -0.882. The average molecular weight is 480 g/mol. The topological polar surface area (TPSA) is 73.8 Å². The third-order valence-electron chi connectivity index (χ3n) is 7.61. The van der Waals surface area contributed by atoms with Crippen LogP contribution in [0, 0.1) is 11.8 Å². The molecule has 3 rings (SSSR count). The quantitative estimate of drug-likeness (QED) is 0.379. The van der Waals surface area contributed by atoms with Gasteiger partial charge in [-0.25, -0.2) is 4.79 Å².